The minimum Gasteiger partial charge on any atom is -0.457 e. The van der Waals surface area contributed by atoms with Crippen molar-refractivity contribution in [2.75, 3.05) is 20.4 Å². The summed E-state index contributed by atoms with van der Waals surface area (Å²) in [5.74, 6) is -1.78. The predicted octanol–water partition coefficient (Wildman–Crippen LogP) is 6.44. The smallest absolute Gasteiger partial charge is 0.291 e. The zero-order valence-electron chi connectivity index (χ0n) is 20.7. The fourth-order valence-corrected chi connectivity index (χ4v) is 3.18. The largest absolute Gasteiger partial charge is 0.457 e. The first-order valence-electron chi connectivity index (χ1n) is 11.5. The van der Waals surface area contributed by atoms with Crippen LogP contribution in [0.15, 0.2) is 55.1 Å². The highest BCUT2D eigenvalue weighted by Gasteiger charge is 2.26. The van der Waals surface area contributed by atoms with Gasteiger partial charge in [-0.3, -0.25) is 4.79 Å². The second-order valence-corrected chi connectivity index (χ2v) is 7.82. The third-order valence-corrected chi connectivity index (χ3v) is 4.87. The summed E-state index contributed by atoms with van der Waals surface area (Å²) in [7, 11) is 1.43. The Labute approximate surface area is 202 Å². The molecule has 3 rings (SSSR count). The second kappa shape index (κ2) is 15.2. The van der Waals surface area contributed by atoms with Gasteiger partial charge in [0.25, 0.3) is 5.92 Å². The molecule has 188 valence electrons. The lowest BCUT2D eigenvalue weighted by molar-refractivity contribution is -0.132. The van der Waals surface area contributed by atoms with Crippen LogP contribution in [-0.4, -0.2) is 36.4 Å². The van der Waals surface area contributed by atoms with Crippen LogP contribution in [0.5, 0.6) is 11.5 Å². The molecule has 34 heavy (non-hydrogen) atoms. The van der Waals surface area contributed by atoms with Crippen molar-refractivity contribution in [3.05, 3.63) is 71.8 Å². The van der Waals surface area contributed by atoms with E-state index in [1.54, 1.807) is 0 Å². The van der Waals surface area contributed by atoms with Gasteiger partial charge in [-0.15, -0.1) is 0 Å². The standard InChI is InChI=1S/C22H23F2NO2.C3H8.C2H6O2/c1-3-5-21(26)25-13-12-16-6-9-20(14-17(16)15-25)27-19-10-7-18(8-11-19)22(23,24)4-2;1-3-2;1-4-2-3/h4,6-11,14H,2-3,5,12-13,15H2,1H3;3H2,1-2H3;3H,2H2,1H3. The van der Waals surface area contributed by atoms with E-state index in [2.05, 4.69) is 25.2 Å². The first-order valence-corrected chi connectivity index (χ1v) is 11.5. The van der Waals surface area contributed by atoms with Crippen molar-refractivity contribution in [1.29, 1.82) is 0 Å². The maximum atomic E-state index is 13.6. The summed E-state index contributed by atoms with van der Waals surface area (Å²) in [6.07, 6.45) is 4.10. The number of amides is 1. The highest BCUT2D eigenvalue weighted by atomic mass is 19.3. The van der Waals surface area contributed by atoms with Gasteiger partial charge in [0.15, 0.2) is 0 Å². The SMILES string of the molecule is C=CC(F)(F)c1ccc(Oc2ccc3c(c2)CN(C(=O)CCC)CC3)cc1.CCC.COCO. The number of ether oxygens (including phenoxy) is 2. The topological polar surface area (TPSA) is 59.0 Å². The fraction of sp³-hybridized carbons (Fsp3) is 0.444. The summed E-state index contributed by atoms with van der Waals surface area (Å²) < 4.78 is 37.1. The number of alkyl halides is 2. The van der Waals surface area contributed by atoms with Crippen LogP contribution in [0.3, 0.4) is 0 Å². The summed E-state index contributed by atoms with van der Waals surface area (Å²) in [5.41, 5.74) is 2.15. The molecule has 0 atom stereocenters. The Kier molecular flexibility index (Phi) is 13.1. The van der Waals surface area contributed by atoms with Crippen LogP contribution in [0.2, 0.25) is 0 Å². The van der Waals surface area contributed by atoms with E-state index in [-0.39, 0.29) is 18.3 Å². The number of allylic oxidation sites excluding steroid dienone is 1. The molecule has 2 aromatic carbocycles. The molecular formula is C27H37F2NO4. The van der Waals surface area contributed by atoms with E-state index in [1.165, 1.54) is 43.4 Å². The molecule has 1 heterocycles. The minimum absolute atomic E-state index is 0.125. The minimum atomic E-state index is -3.06. The lowest BCUT2D eigenvalue weighted by Gasteiger charge is -2.29. The van der Waals surface area contributed by atoms with E-state index in [0.717, 1.165) is 24.9 Å². The third kappa shape index (κ3) is 9.23. The van der Waals surface area contributed by atoms with Crippen LogP contribution in [0.25, 0.3) is 0 Å². The molecule has 2 aromatic rings. The van der Waals surface area contributed by atoms with Crippen LogP contribution < -0.4 is 4.74 Å². The van der Waals surface area contributed by atoms with Crippen LogP contribution in [0.4, 0.5) is 8.78 Å². The predicted molar refractivity (Wildman–Crippen MR) is 131 cm³/mol. The van der Waals surface area contributed by atoms with Gasteiger partial charge in [-0.2, -0.15) is 8.78 Å². The quantitative estimate of drug-likeness (QED) is 0.368. The molecular weight excluding hydrogens is 440 g/mol. The summed E-state index contributed by atoms with van der Waals surface area (Å²) >= 11 is 0. The molecule has 0 saturated heterocycles. The van der Waals surface area contributed by atoms with Crippen LogP contribution in [-0.2, 0) is 28.4 Å². The van der Waals surface area contributed by atoms with Gasteiger partial charge in [0.2, 0.25) is 5.91 Å². The zero-order chi connectivity index (χ0) is 25.6. The number of carbonyl (C=O) groups excluding carboxylic acids is 1. The molecule has 1 aliphatic rings. The zero-order valence-corrected chi connectivity index (χ0v) is 20.7. The van der Waals surface area contributed by atoms with Gasteiger partial charge in [-0.1, -0.05) is 39.8 Å². The Morgan fingerprint density at radius 2 is 1.71 bits per heavy atom. The van der Waals surface area contributed by atoms with E-state index in [4.69, 9.17) is 9.84 Å². The van der Waals surface area contributed by atoms with Gasteiger partial charge in [0.1, 0.15) is 18.3 Å². The van der Waals surface area contributed by atoms with Crippen molar-refractivity contribution < 1.29 is 28.2 Å². The molecule has 0 unspecified atom stereocenters. The molecule has 0 saturated carbocycles. The van der Waals surface area contributed by atoms with Gasteiger partial charge in [0.05, 0.1) is 0 Å². The molecule has 0 spiro atoms. The lowest BCUT2D eigenvalue weighted by Crippen LogP contribution is -2.35. The Morgan fingerprint density at radius 3 is 2.24 bits per heavy atom. The van der Waals surface area contributed by atoms with Crippen molar-refractivity contribution >= 4 is 5.91 Å². The Hall–Kier alpha value is -2.77. The molecule has 5 nitrogen and oxygen atoms in total. The van der Waals surface area contributed by atoms with Crippen LogP contribution >= 0.6 is 0 Å². The molecule has 1 N–H and O–H groups in total. The van der Waals surface area contributed by atoms with Gasteiger partial charge < -0.3 is 19.5 Å². The Balaban J connectivity index is 0.000000732. The molecule has 0 aromatic heterocycles. The highest BCUT2D eigenvalue weighted by Crippen LogP contribution is 2.32. The van der Waals surface area contributed by atoms with Crippen molar-refractivity contribution in [3.63, 3.8) is 0 Å². The number of halogens is 2. The van der Waals surface area contributed by atoms with E-state index in [9.17, 15) is 13.6 Å². The fourth-order valence-electron chi connectivity index (χ4n) is 3.18. The van der Waals surface area contributed by atoms with Crippen molar-refractivity contribution in [1.82, 2.24) is 4.90 Å². The maximum Gasteiger partial charge on any atom is 0.291 e. The number of fused-ring (bicyclic) bond motifs is 1. The van der Waals surface area contributed by atoms with Gasteiger partial charge >= 0.3 is 0 Å². The lowest BCUT2D eigenvalue weighted by atomic mass is 9.99. The molecule has 0 fully saturated rings. The Morgan fingerprint density at radius 1 is 1.12 bits per heavy atom. The first-order chi connectivity index (χ1) is 16.3. The number of rotatable bonds is 7. The van der Waals surface area contributed by atoms with E-state index < -0.39 is 5.92 Å². The number of aliphatic hydroxyl groups is 1. The normalized spacial score (nSPS) is 12.4. The van der Waals surface area contributed by atoms with Gasteiger partial charge in [-0.25, -0.2) is 0 Å². The third-order valence-electron chi connectivity index (χ3n) is 4.87. The van der Waals surface area contributed by atoms with E-state index in [1.807, 2.05) is 30.0 Å². The van der Waals surface area contributed by atoms with Gasteiger partial charge in [-0.05, 0) is 66.4 Å². The number of aliphatic hydroxyl groups excluding tert-OH is 1. The number of nitrogens with zero attached hydrogens (tertiary/aromatic N) is 1. The monoisotopic (exact) mass is 477 g/mol. The molecule has 7 heteroatoms. The number of hydrogen-bond donors (Lipinski definition) is 1. The van der Waals surface area contributed by atoms with Crippen molar-refractivity contribution in [2.24, 2.45) is 0 Å². The average molecular weight is 478 g/mol. The number of hydrogen-bond acceptors (Lipinski definition) is 4. The number of carbonyl (C=O) groups is 1. The van der Waals surface area contributed by atoms with Crippen LogP contribution in [0.1, 0.15) is 56.7 Å². The van der Waals surface area contributed by atoms with Crippen molar-refractivity contribution in [3.8, 4) is 11.5 Å². The number of methoxy groups -OCH3 is 1. The van der Waals surface area contributed by atoms with Gasteiger partial charge in [0, 0.05) is 32.2 Å². The summed E-state index contributed by atoms with van der Waals surface area (Å²) in [6, 6.07) is 11.5. The van der Waals surface area contributed by atoms with Crippen LogP contribution in [0, 0.1) is 0 Å². The summed E-state index contributed by atoms with van der Waals surface area (Å²) in [5, 5.41) is 7.65. The molecule has 1 aliphatic heterocycles. The van der Waals surface area contributed by atoms with Crippen molar-refractivity contribution in [2.45, 2.75) is 58.9 Å². The average Bonchev–Trinajstić information content (AvgIpc) is 2.84. The van der Waals surface area contributed by atoms with E-state index in [0.29, 0.717) is 30.5 Å². The number of benzene rings is 2. The summed E-state index contributed by atoms with van der Waals surface area (Å²) in [4.78, 5) is 14.0. The Bertz CT molecular complexity index is 883. The second-order valence-electron chi connectivity index (χ2n) is 7.82. The molecule has 0 radical (unpaired) electrons. The molecule has 0 aliphatic carbocycles. The molecule has 1 amide bonds. The first kappa shape index (κ1) is 29.3. The molecule has 0 bridgehead atoms. The maximum absolute atomic E-state index is 13.6. The summed E-state index contributed by atoms with van der Waals surface area (Å²) in [6.45, 7) is 10.5. The highest BCUT2D eigenvalue weighted by molar-refractivity contribution is 5.76. The van der Waals surface area contributed by atoms with E-state index >= 15 is 0 Å².